The Balaban J connectivity index is 1.63. The largest absolute Gasteiger partial charge is 0.273 e. The monoisotopic (exact) mass is 392 g/mol. The first-order chi connectivity index (χ1) is 11.5. The average molecular weight is 393 g/mol. The molecule has 2 N–H and O–H groups in total. The van der Waals surface area contributed by atoms with E-state index in [0.717, 1.165) is 23.7 Å². The first kappa shape index (κ1) is 18.1. The lowest BCUT2D eigenvalue weighted by molar-refractivity contribution is -0.121. The molecule has 0 saturated carbocycles. The summed E-state index contributed by atoms with van der Waals surface area (Å²) >= 11 is 3.39. The van der Waals surface area contributed by atoms with E-state index in [9.17, 15) is 14.0 Å². The predicted molar refractivity (Wildman–Crippen MR) is 93.7 cm³/mol. The standard InChI is InChI=1S/C18H18BrFN2O2/c19-15-9-5-13(6-10-15)3-1-2-4-17(23)21-22-18(24)14-7-11-16(20)12-8-14/h5-12H,1-4H2,(H,21,23)(H,22,24). The Morgan fingerprint density at radius 2 is 1.58 bits per heavy atom. The minimum atomic E-state index is -0.474. The third-order valence-electron chi connectivity index (χ3n) is 3.45. The van der Waals surface area contributed by atoms with E-state index in [0.29, 0.717) is 6.42 Å². The maximum absolute atomic E-state index is 12.8. The van der Waals surface area contributed by atoms with Crippen LogP contribution in [0.2, 0.25) is 0 Å². The van der Waals surface area contributed by atoms with E-state index in [1.807, 2.05) is 24.3 Å². The summed E-state index contributed by atoms with van der Waals surface area (Å²) in [6.07, 6.45) is 2.86. The van der Waals surface area contributed by atoms with Crippen molar-refractivity contribution in [1.29, 1.82) is 0 Å². The van der Waals surface area contributed by atoms with Gasteiger partial charge in [0.25, 0.3) is 5.91 Å². The van der Waals surface area contributed by atoms with Crippen molar-refractivity contribution < 1.29 is 14.0 Å². The SMILES string of the molecule is O=C(CCCCc1ccc(Br)cc1)NNC(=O)c1ccc(F)cc1. The van der Waals surface area contributed by atoms with E-state index >= 15 is 0 Å². The van der Waals surface area contributed by atoms with Crippen LogP contribution >= 0.6 is 15.9 Å². The molecule has 2 amide bonds. The number of nitrogens with one attached hydrogen (secondary N) is 2. The lowest BCUT2D eigenvalue weighted by Crippen LogP contribution is -2.41. The number of aryl methyl sites for hydroxylation is 1. The van der Waals surface area contributed by atoms with E-state index in [1.54, 1.807) is 0 Å². The van der Waals surface area contributed by atoms with Gasteiger partial charge in [-0.15, -0.1) is 0 Å². The molecule has 0 radical (unpaired) electrons. The number of amides is 2. The summed E-state index contributed by atoms with van der Waals surface area (Å²) in [5, 5.41) is 0. The van der Waals surface area contributed by atoms with Crippen LogP contribution in [-0.2, 0) is 11.2 Å². The molecular formula is C18H18BrFN2O2. The second-order valence-electron chi connectivity index (χ2n) is 5.34. The summed E-state index contributed by atoms with van der Waals surface area (Å²) < 4.78 is 13.8. The fourth-order valence-electron chi connectivity index (χ4n) is 2.13. The number of rotatable bonds is 6. The normalized spacial score (nSPS) is 10.2. The molecular weight excluding hydrogens is 375 g/mol. The molecule has 24 heavy (non-hydrogen) atoms. The van der Waals surface area contributed by atoms with Crippen LogP contribution in [-0.4, -0.2) is 11.8 Å². The van der Waals surface area contributed by atoms with Gasteiger partial charge in [0.05, 0.1) is 0 Å². The van der Waals surface area contributed by atoms with Gasteiger partial charge in [-0.3, -0.25) is 20.4 Å². The zero-order chi connectivity index (χ0) is 17.4. The van der Waals surface area contributed by atoms with Crippen LogP contribution < -0.4 is 10.9 Å². The van der Waals surface area contributed by atoms with Gasteiger partial charge in [-0.1, -0.05) is 28.1 Å². The van der Waals surface area contributed by atoms with Crippen LogP contribution in [0.4, 0.5) is 4.39 Å². The van der Waals surface area contributed by atoms with Crippen molar-refractivity contribution in [2.24, 2.45) is 0 Å². The maximum Gasteiger partial charge on any atom is 0.269 e. The fourth-order valence-corrected chi connectivity index (χ4v) is 2.39. The molecule has 0 aliphatic carbocycles. The summed E-state index contributed by atoms with van der Waals surface area (Å²) in [5.74, 6) is -1.14. The number of hydrogen-bond donors (Lipinski definition) is 2. The van der Waals surface area contributed by atoms with Crippen LogP contribution in [0.5, 0.6) is 0 Å². The molecule has 0 atom stereocenters. The molecule has 6 heteroatoms. The summed E-state index contributed by atoms with van der Waals surface area (Å²) in [5.41, 5.74) is 6.19. The molecule has 0 bridgehead atoms. The molecule has 0 fully saturated rings. The Labute approximate surface area is 148 Å². The van der Waals surface area contributed by atoms with Crippen LogP contribution in [0, 0.1) is 5.82 Å². The summed E-state index contributed by atoms with van der Waals surface area (Å²) in [7, 11) is 0. The molecule has 2 aromatic carbocycles. The minimum absolute atomic E-state index is 0.249. The number of hydrazine groups is 1. The molecule has 2 rings (SSSR count). The van der Waals surface area contributed by atoms with E-state index < -0.39 is 11.7 Å². The van der Waals surface area contributed by atoms with Gasteiger partial charge in [-0.05, 0) is 61.2 Å². The average Bonchev–Trinajstić information content (AvgIpc) is 2.59. The smallest absolute Gasteiger partial charge is 0.269 e. The van der Waals surface area contributed by atoms with Crippen molar-refractivity contribution in [3.05, 3.63) is 69.9 Å². The van der Waals surface area contributed by atoms with Gasteiger partial charge < -0.3 is 0 Å². The molecule has 0 aliphatic heterocycles. The maximum atomic E-state index is 12.8. The van der Waals surface area contributed by atoms with Gasteiger partial charge >= 0.3 is 0 Å². The topological polar surface area (TPSA) is 58.2 Å². The quantitative estimate of drug-likeness (QED) is 0.580. The highest BCUT2D eigenvalue weighted by Gasteiger charge is 2.07. The zero-order valence-electron chi connectivity index (χ0n) is 13.0. The van der Waals surface area contributed by atoms with Crippen LogP contribution in [0.3, 0.4) is 0 Å². The van der Waals surface area contributed by atoms with Gasteiger partial charge in [0.2, 0.25) is 5.91 Å². The highest BCUT2D eigenvalue weighted by molar-refractivity contribution is 9.10. The van der Waals surface area contributed by atoms with E-state index in [2.05, 4.69) is 26.8 Å². The zero-order valence-corrected chi connectivity index (χ0v) is 14.6. The van der Waals surface area contributed by atoms with Crippen molar-refractivity contribution >= 4 is 27.7 Å². The lowest BCUT2D eigenvalue weighted by atomic mass is 10.1. The molecule has 0 saturated heterocycles. The molecule has 0 aromatic heterocycles. The first-order valence-corrected chi connectivity index (χ1v) is 8.43. The van der Waals surface area contributed by atoms with Gasteiger partial charge in [-0.2, -0.15) is 0 Å². The van der Waals surface area contributed by atoms with Crippen molar-refractivity contribution in [3.8, 4) is 0 Å². The minimum Gasteiger partial charge on any atom is -0.273 e. The van der Waals surface area contributed by atoms with Crippen molar-refractivity contribution in [2.45, 2.75) is 25.7 Å². The van der Waals surface area contributed by atoms with Gasteiger partial charge in [-0.25, -0.2) is 4.39 Å². The number of hydrogen-bond acceptors (Lipinski definition) is 2. The second kappa shape index (κ2) is 9.17. The van der Waals surface area contributed by atoms with E-state index in [4.69, 9.17) is 0 Å². The summed E-state index contributed by atoms with van der Waals surface area (Å²) in [6.45, 7) is 0. The third-order valence-corrected chi connectivity index (χ3v) is 3.98. The van der Waals surface area contributed by atoms with Gasteiger partial charge in [0, 0.05) is 16.5 Å². The first-order valence-electron chi connectivity index (χ1n) is 7.64. The van der Waals surface area contributed by atoms with Crippen LogP contribution in [0.15, 0.2) is 53.0 Å². The highest BCUT2D eigenvalue weighted by atomic mass is 79.9. The van der Waals surface area contributed by atoms with Crippen molar-refractivity contribution in [1.82, 2.24) is 10.9 Å². The van der Waals surface area contributed by atoms with Crippen molar-refractivity contribution in [2.75, 3.05) is 0 Å². The molecule has 0 heterocycles. The fraction of sp³-hybridized carbons (Fsp3) is 0.222. The second-order valence-corrected chi connectivity index (χ2v) is 6.26. The number of carbonyl (C=O) groups is 2. The lowest BCUT2D eigenvalue weighted by Gasteiger charge is -2.07. The summed E-state index contributed by atoms with van der Waals surface area (Å²) in [4.78, 5) is 23.4. The predicted octanol–water partition coefficient (Wildman–Crippen LogP) is 3.76. The molecule has 0 unspecified atom stereocenters. The Morgan fingerprint density at radius 3 is 2.25 bits per heavy atom. The Morgan fingerprint density at radius 1 is 0.917 bits per heavy atom. The number of carbonyl (C=O) groups excluding carboxylic acids is 2. The molecule has 126 valence electrons. The van der Waals surface area contributed by atoms with Gasteiger partial charge in [0.15, 0.2) is 0 Å². The molecule has 2 aromatic rings. The van der Waals surface area contributed by atoms with Gasteiger partial charge in [0.1, 0.15) is 5.82 Å². The van der Waals surface area contributed by atoms with Crippen LogP contribution in [0.1, 0.15) is 35.2 Å². The Bertz CT molecular complexity index is 687. The number of halogens is 2. The van der Waals surface area contributed by atoms with Crippen molar-refractivity contribution in [3.63, 3.8) is 0 Å². The number of unbranched alkanes of at least 4 members (excludes halogenated alkanes) is 1. The highest BCUT2D eigenvalue weighted by Crippen LogP contribution is 2.12. The molecule has 0 aliphatic rings. The summed E-state index contributed by atoms with van der Waals surface area (Å²) in [6, 6.07) is 13.2. The molecule has 4 nitrogen and oxygen atoms in total. The third kappa shape index (κ3) is 6.12. The Kier molecular flexibility index (Phi) is 6.93. The van der Waals surface area contributed by atoms with E-state index in [-0.39, 0.29) is 11.5 Å². The molecule has 0 spiro atoms. The van der Waals surface area contributed by atoms with E-state index in [1.165, 1.54) is 29.8 Å². The Hall–Kier alpha value is -2.21. The van der Waals surface area contributed by atoms with Crippen LogP contribution in [0.25, 0.3) is 0 Å². The number of benzene rings is 2.